The molecule has 1 saturated carbocycles. The number of nitrogens with one attached hydrogen (secondary N) is 2. The number of carbonyl (C=O) groups is 1. The predicted octanol–water partition coefficient (Wildman–Crippen LogP) is 4.64. The van der Waals surface area contributed by atoms with Crippen LogP contribution < -0.4 is 21.3 Å². The van der Waals surface area contributed by atoms with Crippen molar-refractivity contribution in [3.05, 3.63) is 59.8 Å². The smallest absolute Gasteiger partial charge is 0.315 e. The van der Waals surface area contributed by atoms with Gasteiger partial charge in [0.15, 0.2) is 0 Å². The fraction of sp³-hybridized carbons (Fsp3) is 0.407. The standard InChI is InChI=1S/C27H28ClF2N5O/c28-22-10-15(11-24-25(22)34-27(36)33-24)14-1-2-23-20(9-14)26(35-5-3-19(31)4-6-35)21(13-32-23)16-7-17(29)12-18(30)8-16/h1-2,7-9,12-13,15,19,22,24-25H,3-6,10-11,31H2,(H2,33,34,36). The number of pyridine rings is 1. The molecule has 0 spiro atoms. The summed E-state index contributed by atoms with van der Waals surface area (Å²) in [5, 5.41) is 6.68. The van der Waals surface area contributed by atoms with E-state index in [-0.39, 0.29) is 35.5 Å². The second-order valence-electron chi connectivity index (χ2n) is 10.2. The Bertz CT molecular complexity index is 1310. The number of urea groups is 1. The Kier molecular flexibility index (Phi) is 5.96. The zero-order valence-corrected chi connectivity index (χ0v) is 20.4. The summed E-state index contributed by atoms with van der Waals surface area (Å²) in [5.74, 6) is -1.08. The SMILES string of the molecule is NC1CCN(c2c(-c3cc(F)cc(F)c3)cnc3ccc(C4CC(Cl)C5NC(=O)NC5C4)cc23)CC1. The summed E-state index contributed by atoms with van der Waals surface area (Å²) >= 11 is 6.69. The van der Waals surface area contributed by atoms with Crippen molar-refractivity contribution in [2.45, 2.75) is 55.1 Å². The number of halogens is 3. The third-order valence-corrected chi connectivity index (χ3v) is 8.30. The van der Waals surface area contributed by atoms with Gasteiger partial charge < -0.3 is 21.3 Å². The first-order chi connectivity index (χ1) is 17.4. The van der Waals surface area contributed by atoms with Crippen LogP contribution in [0, 0.1) is 11.6 Å². The highest BCUT2D eigenvalue weighted by atomic mass is 35.5. The largest absolute Gasteiger partial charge is 0.370 e. The molecule has 2 saturated heterocycles. The number of anilines is 1. The lowest BCUT2D eigenvalue weighted by Gasteiger charge is -2.36. The molecule has 2 aromatic carbocycles. The van der Waals surface area contributed by atoms with E-state index in [1.54, 1.807) is 6.20 Å². The molecule has 0 radical (unpaired) electrons. The fourth-order valence-electron chi connectivity index (χ4n) is 6.03. The van der Waals surface area contributed by atoms with Crippen LogP contribution in [0.3, 0.4) is 0 Å². The van der Waals surface area contributed by atoms with Crippen LogP contribution in [-0.4, -0.2) is 47.6 Å². The second kappa shape index (κ2) is 9.16. The Hall–Kier alpha value is -2.97. The second-order valence-corrected chi connectivity index (χ2v) is 10.8. The van der Waals surface area contributed by atoms with Gasteiger partial charge in [-0.05, 0) is 67.0 Å². The number of amides is 2. The Labute approximate surface area is 213 Å². The number of piperidine rings is 1. The van der Waals surface area contributed by atoms with E-state index in [1.807, 2.05) is 6.07 Å². The number of carbonyl (C=O) groups excluding carboxylic acids is 1. The van der Waals surface area contributed by atoms with Crippen molar-refractivity contribution >= 4 is 34.2 Å². The van der Waals surface area contributed by atoms with Crippen molar-refractivity contribution in [2.75, 3.05) is 18.0 Å². The first kappa shape index (κ1) is 23.4. The molecule has 6 rings (SSSR count). The van der Waals surface area contributed by atoms with E-state index in [1.165, 1.54) is 12.1 Å². The average molecular weight is 512 g/mol. The molecule has 6 nitrogen and oxygen atoms in total. The van der Waals surface area contributed by atoms with Crippen LogP contribution in [0.25, 0.3) is 22.0 Å². The van der Waals surface area contributed by atoms with Gasteiger partial charge in [0, 0.05) is 42.3 Å². The van der Waals surface area contributed by atoms with Crippen LogP contribution >= 0.6 is 11.6 Å². The first-order valence-electron chi connectivity index (χ1n) is 12.5. The van der Waals surface area contributed by atoms with Gasteiger partial charge >= 0.3 is 6.03 Å². The lowest BCUT2D eigenvalue weighted by molar-refractivity contribution is 0.247. The average Bonchev–Trinajstić information content (AvgIpc) is 3.24. The Balaban J connectivity index is 1.46. The number of rotatable bonds is 3. The van der Waals surface area contributed by atoms with E-state index in [2.05, 4.69) is 32.7 Å². The van der Waals surface area contributed by atoms with Gasteiger partial charge in [-0.2, -0.15) is 0 Å². The molecule has 3 aromatic rings. The monoisotopic (exact) mass is 511 g/mol. The predicted molar refractivity (Wildman–Crippen MR) is 137 cm³/mol. The van der Waals surface area contributed by atoms with Crippen molar-refractivity contribution in [1.82, 2.24) is 15.6 Å². The minimum atomic E-state index is -0.623. The molecule has 188 valence electrons. The maximum atomic E-state index is 14.2. The summed E-state index contributed by atoms with van der Waals surface area (Å²) in [5.41, 5.74) is 10.2. The van der Waals surface area contributed by atoms with E-state index < -0.39 is 11.6 Å². The molecule has 2 aliphatic heterocycles. The van der Waals surface area contributed by atoms with E-state index in [0.717, 1.165) is 67.0 Å². The molecule has 4 N–H and O–H groups in total. The number of hydrogen-bond donors (Lipinski definition) is 3. The third-order valence-electron chi connectivity index (χ3n) is 7.85. The number of aromatic nitrogens is 1. The van der Waals surface area contributed by atoms with Crippen molar-refractivity contribution in [3.63, 3.8) is 0 Å². The highest BCUT2D eigenvalue weighted by Gasteiger charge is 2.43. The number of nitrogens with zero attached hydrogens (tertiary/aromatic N) is 2. The maximum absolute atomic E-state index is 14.2. The Morgan fingerprint density at radius 2 is 1.78 bits per heavy atom. The summed E-state index contributed by atoms with van der Waals surface area (Å²) in [4.78, 5) is 18.8. The quantitative estimate of drug-likeness (QED) is 0.447. The molecule has 3 aliphatic rings. The zero-order chi connectivity index (χ0) is 25.0. The Morgan fingerprint density at radius 3 is 2.53 bits per heavy atom. The van der Waals surface area contributed by atoms with E-state index in [9.17, 15) is 13.6 Å². The molecular formula is C27H28ClF2N5O. The number of benzene rings is 2. The normalized spacial score (nSPS) is 26.6. The number of nitrogens with two attached hydrogens (primary N) is 1. The first-order valence-corrected chi connectivity index (χ1v) is 12.9. The van der Waals surface area contributed by atoms with Crippen LogP contribution in [0.4, 0.5) is 19.3 Å². The molecule has 4 unspecified atom stereocenters. The zero-order valence-electron chi connectivity index (χ0n) is 19.7. The van der Waals surface area contributed by atoms with Crippen LogP contribution in [0.15, 0.2) is 42.6 Å². The van der Waals surface area contributed by atoms with Gasteiger partial charge in [0.1, 0.15) is 11.6 Å². The van der Waals surface area contributed by atoms with Crippen molar-refractivity contribution < 1.29 is 13.6 Å². The van der Waals surface area contributed by atoms with E-state index in [4.69, 9.17) is 17.3 Å². The summed E-state index contributed by atoms with van der Waals surface area (Å²) in [6, 6.07) is 9.69. The van der Waals surface area contributed by atoms with Crippen molar-refractivity contribution in [2.24, 2.45) is 5.73 Å². The van der Waals surface area contributed by atoms with Crippen LogP contribution in [0.1, 0.15) is 37.2 Å². The van der Waals surface area contributed by atoms with Gasteiger partial charge in [-0.1, -0.05) is 6.07 Å². The van der Waals surface area contributed by atoms with Crippen molar-refractivity contribution in [1.29, 1.82) is 0 Å². The molecule has 4 atom stereocenters. The van der Waals surface area contributed by atoms with Gasteiger partial charge in [-0.15, -0.1) is 11.6 Å². The molecular weight excluding hydrogens is 484 g/mol. The fourth-order valence-corrected chi connectivity index (χ4v) is 6.48. The summed E-state index contributed by atoms with van der Waals surface area (Å²) in [7, 11) is 0. The van der Waals surface area contributed by atoms with E-state index in [0.29, 0.717) is 11.1 Å². The summed E-state index contributed by atoms with van der Waals surface area (Å²) in [6.07, 6.45) is 4.92. The van der Waals surface area contributed by atoms with Gasteiger partial charge in [-0.25, -0.2) is 13.6 Å². The maximum Gasteiger partial charge on any atom is 0.315 e. The highest BCUT2D eigenvalue weighted by molar-refractivity contribution is 6.21. The molecule has 9 heteroatoms. The van der Waals surface area contributed by atoms with Gasteiger partial charge in [-0.3, -0.25) is 4.98 Å². The molecule has 0 bridgehead atoms. The molecule has 2 amide bonds. The van der Waals surface area contributed by atoms with Crippen molar-refractivity contribution in [3.8, 4) is 11.1 Å². The summed E-state index contributed by atoms with van der Waals surface area (Å²) < 4.78 is 28.4. The highest BCUT2D eigenvalue weighted by Crippen LogP contribution is 2.42. The number of fused-ring (bicyclic) bond motifs is 2. The third kappa shape index (κ3) is 4.26. The van der Waals surface area contributed by atoms with Crippen LogP contribution in [-0.2, 0) is 0 Å². The topological polar surface area (TPSA) is 83.3 Å². The number of alkyl halides is 1. The van der Waals surface area contributed by atoms with Crippen LogP contribution in [0.2, 0.25) is 0 Å². The minimum Gasteiger partial charge on any atom is -0.370 e. The minimum absolute atomic E-state index is 0.0165. The number of hydrogen-bond acceptors (Lipinski definition) is 4. The lowest BCUT2D eigenvalue weighted by atomic mass is 9.78. The molecule has 3 fully saturated rings. The van der Waals surface area contributed by atoms with Gasteiger partial charge in [0.25, 0.3) is 0 Å². The molecule has 3 heterocycles. The Morgan fingerprint density at radius 1 is 1.03 bits per heavy atom. The molecule has 1 aliphatic carbocycles. The van der Waals surface area contributed by atoms with Crippen LogP contribution in [0.5, 0.6) is 0 Å². The summed E-state index contributed by atoms with van der Waals surface area (Å²) in [6.45, 7) is 1.51. The van der Waals surface area contributed by atoms with E-state index >= 15 is 0 Å². The van der Waals surface area contributed by atoms with Gasteiger partial charge in [0.05, 0.1) is 28.7 Å². The lowest BCUT2D eigenvalue weighted by Crippen LogP contribution is -2.46. The molecule has 1 aromatic heterocycles. The molecule has 36 heavy (non-hydrogen) atoms. The van der Waals surface area contributed by atoms with Gasteiger partial charge in [0.2, 0.25) is 0 Å².